The maximum Gasteiger partial charge on any atom is 0.338 e. The second kappa shape index (κ2) is 6.69. The van der Waals surface area contributed by atoms with E-state index in [4.69, 9.17) is 21.9 Å². The first-order valence-electron chi connectivity index (χ1n) is 4.92. The Hall–Kier alpha value is -1.63. The average Bonchev–Trinajstić information content (AvgIpc) is 2.30. The van der Waals surface area contributed by atoms with Crippen molar-refractivity contribution >= 4 is 61.8 Å². The van der Waals surface area contributed by atoms with Gasteiger partial charge in [-0.15, -0.1) is 0 Å². The van der Waals surface area contributed by atoms with Crippen molar-refractivity contribution in [3.05, 3.63) is 24.2 Å². The molecule has 6 N–H and O–H groups in total. The van der Waals surface area contributed by atoms with Crippen molar-refractivity contribution < 1.29 is 9.66 Å². The van der Waals surface area contributed by atoms with Crippen LogP contribution in [0.2, 0.25) is 0 Å². The second-order valence-corrected chi connectivity index (χ2v) is 5.35. The fraction of sp³-hybridized carbons (Fsp3) is 0.111. The Morgan fingerprint density at radius 3 is 2.55 bits per heavy atom. The smallest absolute Gasteiger partial charge is 0.338 e. The topological polar surface area (TPSA) is 155 Å². The number of nitrogens with two attached hydrogens (primary N) is 3. The number of hydrogen-bond donors (Lipinski definition) is 3. The van der Waals surface area contributed by atoms with Gasteiger partial charge in [0.2, 0.25) is 11.7 Å². The Morgan fingerprint density at radius 2 is 2.10 bits per heavy atom. The van der Waals surface area contributed by atoms with Gasteiger partial charge >= 0.3 is 5.69 Å². The van der Waals surface area contributed by atoms with E-state index in [2.05, 4.69) is 25.9 Å². The number of guanidine groups is 2. The van der Waals surface area contributed by atoms with Crippen LogP contribution in [0.15, 0.2) is 20.5 Å². The van der Waals surface area contributed by atoms with Crippen molar-refractivity contribution in [2.45, 2.75) is 0 Å². The van der Waals surface area contributed by atoms with E-state index in [1.165, 1.54) is 7.11 Å². The van der Waals surface area contributed by atoms with Crippen LogP contribution in [0.1, 0.15) is 0 Å². The molecule has 108 valence electrons. The van der Waals surface area contributed by atoms with Crippen LogP contribution < -0.4 is 21.9 Å². The lowest BCUT2D eigenvalue weighted by Gasteiger charge is -2.08. The molecule has 0 aromatic heterocycles. The Kier molecular flexibility index (Phi) is 5.50. The number of nitro groups is 1. The van der Waals surface area contributed by atoms with E-state index in [1.54, 1.807) is 6.07 Å². The summed E-state index contributed by atoms with van der Waals surface area (Å²) in [7, 11) is 1.31. The summed E-state index contributed by atoms with van der Waals surface area (Å²) in [6, 6.07) is 1.61. The highest BCUT2D eigenvalue weighted by atomic mass is 127. The third-order valence-electron chi connectivity index (χ3n) is 1.99. The van der Waals surface area contributed by atoms with Gasteiger partial charge in [-0.1, -0.05) is 0 Å². The van der Waals surface area contributed by atoms with Gasteiger partial charge in [0.15, 0.2) is 11.6 Å². The van der Waals surface area contributed by atoms with Crippen LogP contribution in [-0.2, 0) is 0 Å². The Bertz CT molecular complexity index is 614. The zero-order chi connectivity index (χ0) is 15.4. The number of methoxy groups -OCH3 is 1. The van der Waals surface area contributed by atoms with Crippen molar-refractivity contribution in [1.29, 1.82) is 0 Å². The van der Waals surface area contributed by atoms with Gasteiger partial charge < -0.3 is 21.9 Å². The van der Waals surface area contributed by atoms with E-state index in [0.717, 1.165) is 0 Å². The SMILES string of the molecule is COc1c(Br)cc(I)c(N=C(N)N=C(N)N)c1[N+](=O)[O-]. The lowest BCUT2D eigenvalue weighted by molar-refractivity contribution is -0.385. The molecule has 1 aromatic rings. The molecule has 0 radical (unpaired) electrons. The van der Waals surface area contributed by atoms with Gasteiger partial charge in [-0.3, -0.25) is 10.1 Å². The molecule has 0 saturated carbocycles. The first-order valence-corrected chi connectivity index (χ1v) is 6.79. The molecule has 20 heavy (non-hydrogen) atoms. The number of aliphatic imine (C=N–C) groups is 2. The van der Waals surface area contributed by atoms with E-state index in [0.29, 0.717) is 8.04 Å². The fourth-order valence-corrected chi connectivity index (χ4v) is 3.01. The van der Waals surface area contributed by atoms with Gasteiger partial charge in [0.05, 0.1) is 16.5 Å². The van der Waals surface area contributed by atoms with Crippen LogP contribution in [-0.4, -0.2) is 24.0 Å². The monoisotopic (exact) mass is 456 g/mol. The molecular weight excluding hydrogens is 447 g/mol. The van der Waals surface area contributed by atoms with Crippen molar-refractivity contribution in [1.82, 2.24) is 0 Å². The average molecular weight is 457 g/mol. The quantitative estimate of drug-likeness (QED) is 0.204. The molecule has 0 unspecified atom stereocenters. The number of hydrogen-bond acceptors (Lipinski definition) is 4. The van der Waals surface area contributed by atoms with Gasteiger partial charge in [-0.2, -0.15) is 4.99 Å². The summed E-state index contributed by atoms with van der Waals surface area (Å²) < 4.78 is 5.92. The normalized spacial score (nSPS) is 11.1. The highest BCUT2D eigenvalue weighted by molar-refractivity contribution is 14.1. The molecule has 0 amide bonds. The molecule has 0 saturated heterocycles. The summed E-state index contributed by atoms with van der Waals surface area (Å²) in [6.07, 6.45) is 0. The summed E-state index contributed by atoms with van der Waals surface area (Å²) in [5.41, 5.74) is 15.5. The standard InChI is InChI=1S/C9H10BrIN6O3/c1-20-7-3(10)2-4(11)5(6(7)17(18)19)15-9(14)16-8(12)13/h2H,1H3,(H6,12,13,14,15,16). The molecule has 1 rings (SSSR count). The molecule has 1 aromatic carbocycles. The minimum absolute atomic E-state index is 0.0122. The van der Waals surface area contributed by atoms with Gasteiger partial charge in [0.25, 0.3) is 0 Å². The van der Waals surface area contributed by atoms with E-state index >= 15 is 0 Å². The lowest BCUT2D eigenvalue weighted by atomic mass is 10.2. The van der Waals surface area contributed by atoms with E-state index in [9.17, 15) is 10.1 Å². The molecule has 0 bridgehead atoms. The Labute approximate surface area is 135 Å². The van der Waals surface area contributed by atoms with Gasteiger partial charge in [-0.05, 0) is 44.6 Å². The number of nitrogens with zero attached hydrogens (tertiary/aromatic N) is 3. The predicted octanol–water partition coefficient (Wildman–Crippen LogP) is 1.19. The van der Waals surface area contributed by atoms with Crippen molar-refractivity contribution in [3.63, 3.8) is 0 Å². The van der Waals surface area contributed by atoms with E-state index in [-0.39, 0.29) is 29.0 Å². The molecule has 0 heterocycles. The number of halogens is 2. The van der Waals surface area contributed by atoms with Crippen LogP contribution in [0.5, 0.6) is 5.75 Å². The molecule has 0 aliphatic heterocycles. The number of ether oxygens (including phenoxy) is 1. The number of rotatable bonds is 3. The highest BCUT2D eigenvalue weighted by Crippen LogP contribution is 2.45. The molecule has 0 atom stereocenters. The summed E-state index contributed by atoms with van der Waals surface area (Å²) in [4.78, 5) is 18.0. The maximum atomic E-state index is 11.2. The van der Waals surface area contributed by atoms with Crippen molar-refractivity contribution in [2.24, 2.45) is 27.2 Å². The molecule has 0 fully saturated rings. The molecule has 0 spiro atoms. The molecule has 0 aliphatic carbocycles. The molecule has 0 aliphatic rings. The third-order valence-corrected chi connectivity index (χ3v) is 3.40. The predicted molar refractivity (Wildman–Crippen MR) is 87.2 cm³/mol. The zero-order valence-corrected chi connectivity index (χ0v) is 13.9. The van der Waals surface area contributed by atoms with Crippen molar-refractivity contribution in [2.75, 3.05) is 7.11 Å². The Morgan fingerprint density at radius 1 is 1.50 bits per heavy atom. The van der Waals surface area contributed by atoms with Crippen LogP contribution in [0.25, 0.3) is 0 Å². The second-order valence-electron chi connectivity index (χ2n) is 3.33. The molecule has 11 heteroatoms. The van der Waals surface area contributed by atoms with Gasteiger partial charge in [0.1, 0.15) is 0 Å². The number of nitro benzene ring substituents is 1. The van der Waals surface area contributed by atoms with Crippen LogP contribution >= 0.6 is 38.5 Å². The van der Waals surface area contributed by atoms with Crippen molar-refractivity contribution in [3.8, 4) is 5.75 Å². The van der Waals surface area contributed by atoms with Crippen LogP contribution in [0.3, 0.4) is 0 Å². The number of benzene rings is 1. The Balaban J connectivity index is 3.61. The first kappa shape index (κ1) is 16.4. The first-order chi connectivity index (χ1) is 9.27. The maximum absolute atomic E-state index is 11.2. The fourth-order valence-electron chi connectivity index (χ4n) is 1.32. The summed E-state index contributed by atoms with van der Waals surface area (Å²) in [6.45, 7) is 0. The summed E-state index contributed by atoms with van der Waals surface area (Å²) in [5.74, 6) is -0.560. The third kappa shape index (κ3) is 3.69. The summed E-state index contributed by atoms with van der Waals surface area (Å²) >= 11 is 5.07. The lowest BCUT2D eigenvalue weighted by Crippen LogP contribution is -2.26. The van der Waals surface area contributed by atoms with E-state index < -0.39 is 4.92 Å². The van der Waals surface area contributed by atoms with Crippen LogP contribution in [0.4, 0.5) is 11.4 Å². The minimum atomic E-state index is -0.618. The molecule has 9 nitrogen and oxygen atoms in total. The largest absolute Gasteiger partial charge is 0.489 e. The highest BCUT2D eigenvalue weighted by Gasteiger charge is 2.26. The van der Waals surface area contributed by atoms with Gasteiger partial charge in [-0.25, -0.2) is 4.99 Å². The summed E-state index contributed by atoms with van der Waals surface area (Å²) in [5, 5.41) is 11.2. The zero-order valence-electron chi connectivity index (χ0n) is 10.1. The van der Waals surface area contributed by atoms with Gasteiger partial charge in [0, 0.05) is 3.57 Å². The van der Waals surface area contributed by atoms with E-state index in [1.807, 2.05) is 22.6 Å². The van der Waals surface area contributed by atoms with Crippen LogP contribution in [0, 0.1) is 13.7 Å². The molecular formula is C9H10BrIN6O3. The minimum Gasteiger partial charge on any atom is -0.489 e.